The molecule has 0 aliphatic heterocycles. The Labute approximate surface area is 114 Å². The molecule has 0 bridgehead atoms. The van der Waals surface area contributed by atoms with Gasteiger partial charge in [-0.3, -0.25) is 4.79 Å². The predicted octanol–water partition coefficient (Wildman–Crippen LogP) is 2.24. The van der Waals surface area contributed by atoms with Gasteiger partial charge >= 0.3 is 5.97 Å². The Morgan fingerprint density at radius 2 is 1.83 bits per heavy atom. The van der Waals surface area contributed by atoms with E-state index in [1.807, 2.05) is 6.92 Å². The van der Waals surface area contributed by atoms with Gasteiger partial charge in [0.15, 0.2) is 0 Å². The van der Waals surface area contributed by atoms with E-state index in [1.54, 1.807) is 0 Å². The van der Waals surface area contributed by atoms with Gasteiger partial charge in [0, 0.05) is 0 Å². The van der Waals surface area contributed by atoms with Crippen LogP contribution in [0.15, 0.2) is 12.1 Å². The van der Waals surface area contributed by atoms with Gasteiger partial charge in [-0.25, -0.2) is 4.79 Å². The van der Waals surface area contributed by atoms with Crippen LogP contribution in [0.2, 0.25) is 10.0 Å². The average Bonchev–Trinajstić information content (AvgIpc) is 2.30. The zero-order valence-electron chi connectivity index (χ0n) is 9.59. The second-order valence-corrected chi connectivity index (χ2v) is 4.26. The summed E-state index contributed by atoms with van der Waals surface area (Å²) < 4.78 is 0. The van der Waals surface area contributed by atoms with Gasteiger partial charge in [-0.15, -0.1) is 0 Å². The number of carbonyl (C=O) groups excluding carboxylic acids is 1. The van der Waals surface area contributed by atoms with Gasteiger partial charge in [0.2, 0.25) is 5.91 Å². The molecule has 0 saturated carbocycles. The molecule has 0 saturated heterocycles. The standard InChI is InChI=1S/C11H12Cl2N2O3/c1-2-14-5-9(16)15-10-7(12)3-6(11(17)18)4-8(10)13/h3-4,14H,2,5H2,1H3,(H,15,16)(H,17,18). The van der Waals surface area contributed by atoms with Crippen molar-refractivity contribution in [1.29, 1.82) is 0 Å². The lowest BCUT2D eigenvalue weighted by Crippen LogP contribution is -2.28. The second kappa shape index (κ2) is 6.58. The normalized spacial score (nSPS) is 10.2. The monoisotopic (exact) mass is 290 g/mol. The topological polar surface area (TPSA) is 78.4 Å². The van der Waals surface area contributed by atoms with Crippen molar-refractivity contribution >= 4 is 40.8 Å². The summed E-state index contributed by atoms with van der Waals surface area (Å²) in [6.45, 7) is 2.66. The molecule has 98 valence electrons. The fourth-order valence-electron chi connectivity index (χ4n) is 1.24. The Morgan fingerprint density at radius 1 is 1.28 bits per heavy atom. The molecule has 0 spiro atoms. The fraction of sp³-hybridized carbons (Fsp3) is 0.273. The van der Waals surface area contributed by atoms with Crippen molar-refractivity contribution in [3.05, 3.63) is 27.7 Å². The Hall–Kier alpha value is -1.30. The van der Waals surface area contributed by atoms with E-state index in [-0.39, 0.29) is 33.7 Å². The molecule has 7 heteroatoms. The minimum absolute atomic E-state index is 0.0327. The van der Waals surface area contributed by atoms with Gasteiger partial charge in [0.1, 0.15) is 0 Å². The van der Waals surface area contributed by atoms with Crippen LogP contribution in [0.4, 0.5) is 5.69 Å². The van der Waals surface area contributed by atoms with E-state index in [1.165, 1.54) is 12.1 Å². The number of benzene rings is 1. The van der Waals surface area contributed by atoms with E-state index in [4.69, 9.17) is 28.3 Å². The van der Waals surface area contributed by atoms with Crippen molar-refractivity contribution in [2.75, 3.05) is 18.4 Å². The van der Waals surface area contributed by atoms with Crippen LogP contribution in [0.25, 0.3) is 0 Å². The van der Waals surface area contributed by atoms with Crippen molar-refractivity contribution in [3.8, 4) is 0 Å². The van der Waals surface area contributed by atoms with Gasteiger partial charge in [-0.2, -0.15) is 0 Å². The Balaban J connectivity index is 2.90. The number of carboxylic acid groups (broad SMARTS) is 1. The molecule has 1 aromatic carbocycles. The van der Waals surface area contributed by atoms with Gasteiger partial charge < -0.3 is 15.7 Å². The molecular formula is C11H12Cl2N2O3. The first-order valence-corrected chi connectivity index (χ1v) is 5.94. The van der Waals surface area contributed by atoms with E-state index in [0.29, 0.717) is 6.54 Å². The predicted molar refractivity (Wildman–Crippen MR) is 70.6 cm³/mol. The summed E-state index contributed by atoms with van der Waals surface area (Å²) in [5, 5.41) is 14.3. The highest BCUT2D eigenvalue weighted by atomic mass is 35.5. The van der Waals surface area contributed by atoms with Crippen LogP contribution in [0.5, 0.6) is 0 Å². The van der Waals surface area contributed by atoms with Gasteiger partial charge in [-0.05, 0) is 18.7 Å². The number of rotatable bonds is 5. The van der Waals surface area contributed by atoms with E-state index in [0.717, 1.165) is 0 Å². The average molecular weight is 291 g/mol. The maximum absolute atomic E-state index is 11.5. The molecule has 0 aromatic heterocycles. The Kier molecular flexibility index (Phi) is 5.40. The highest BCUT2D eigenvalue weighted by Gasteiger charge is 2.14. The molecule has 18 heavy (non-hydrogen) atoms. The number of carboxylic acids is 1. The molecule has 1 rings (SSSR count). The van der Waals surface area contributed by atoms with Crippen molar-refractivity contribution in [3.63, 3.8) is 0 Å². The first-order valence-electron chi connectivity index (χ1n) is 5.18. The Morgan fingerprint density at radius 3 is 2.28 bits per heavy atom. The number of amides is 1. The number of carbonyl (C=O) groups is 2. The quantitative estimate of drug-likeness (QED) is 0.777. The third-order valence-electron chi connectivity index (χ3n) is 2.09. The molecule has 1 amide bonds. The van der Waals surface area contributed by atoms with E-state index < -0.39 is 5.97 Å². The first-order chi connectivity index (χ1) is 8.45. The lowest BCUT2D eigenvalue weighted by atomic mass is 10.2. The molecular weight excluding hydrogens is 279 g/mol. The van der Waals surface area contributed by atoms with E-state index >= 15 is 0 Å². The number of hydrogen-bond acceptors (Lipinski definition) is 3. The number of halogens is 2. The van der Waals surface area contributed by atoms with Crippen LogP contribution >= 0.6 is 23.2 Å². The second-order valence-electron chi connectivity index (χ2n) is 3.45. The summed E-state index contributed by atoms with van der Waals surface area (Å²) in [5.41, 5.74) is 0.181. The maximum Gasteiger partial charge on any atom is 0.335 e. The minimum atomic E-state index is -1.13. The molecule has 3 N–H and O–H groups in total. The lowest BCUT2D eigenvalue weighted by Gasteiger charge is -2.10. The zero-order chi connectivity index (χ0) is 13.7. The summed E-state index contributed by atoms with van der Waals surface area (Å²) >= 11 is 11.7. The van der Waals surface area contributed by atoms with Crippen molar-refractivity contribution in [2.45, 2.75) is 6.92 Å². The number of anilines is 1. The summed E-state index contributed by atoms with van der Waals surface area (Å²) in [6, 6.07) is 2.47. The van der Waals surface area contributed by atoms with Crippen LogP contribution in [0, 0.1) is 0 Å². The highest BCUT2D eigenvalue weighted by Crippen LogP contribution is 2.31. The van der Waals surface area contributed by atoms with Crippen molar-refractivity contribution in [1.82, 2.24) is 5.32 Å². The first kappa shape index (κ1) is 14.8. The largest absolute Gasteiger partial charge is 0.478 e. The smallest absolute Gasteiger partial charge is 0.335 e. The molecule has 5 nitrogen and oxygen atoms in total. The number of aromatic carboxylic acids is 1. The molecule has 0 atom stereocenters. The van der Waals surface area contributed by atoms with Crippen LogP contribution < -0.4 is 10.6 Å². The molecule has 0 aliphatic rings. The molecule has 0 radical (unpaired) electrons. The SMILES string of the molecule is CCNCC(=O)Nc1c(Cl)cc(C(=O)O)cc1Cl. The van der Waals surface area contributed by atoms with E-state index in [2.05, 4.69) is 10.6 Å². The Bertz CT molecular complexity index is 454. The molecule has 0 unspecified atom stereocenters. The van der Waals surface area contributed by atoms with Crippen molar-refractivity contribution < 1.29 is 14.7 Å². The molecule has 0 heterocycles. The molecule has 0 aliphatic carbocycles. The maximum atomic E-state index is 11.5. The van der Waals surface area contributed by atoms with E-state index in [9.17, 15) is 9.59 Å². The summed E-state index contributed by atoms with van der Waals surface area (Å²) in [7, 11) is 0. The zero-order valence-corrected chi connectivity index (χ0v) is 11.1. The third-order valence-corrected chi connectivity index (χ3v) is 2.69. The lowest BCUT2D eigenvalue weighted by molar-refractivity contribution is -0.115. The fourth-order valence-corrected chi connectivity index (χ4v) is 1.82. The van der Waals surface area contributed by atoms with Crippen LogP contribution in [0.3, 0.4) is 0 Å². The third kappa shape index (κ3) is 3.87. The number of hydrogen-bond donors (Lipinski definition) is 3. The number of likely N-dealkylation sites (N-methyl/N-ethyl adjacent to an activating group) is 1. The van der Waals surface area contributed by atoms with Crippen LogP contribution in [-0.4, -0.2) is 30.1 Å². The number of nitrogens with one attached hydrogen (secondary N) is 2. The van der Waals surface area contributed by atoms with Gasteiger partial charge in [0.05, 0.1) is 27.8 Å². The van der Waals surface area contributed by atoms with Crippen LogP contribution in [-0.2, 0) is 4.79 Å². The molecule has 0 fully saturated rings. The highest BCUT2D eigenvalue weighted by molar-refractivity contribution is 6.40. The van der Waals surface area contributed by atoms with Crippen LogP contribution in [0.1, 0.15) is 17.3 Å². The van der Waals surface area contributed by atoms with Crippen molar-refractivity contribution in [2.24, 2.45) is 0 Å². The summed E-state index contributed by atoms with van der Waals surface area (Å²) in [5.74, 6) is -1.44. The minimum Gasteiger partial charge on any atom is -0.478 e. The molecule has 1 aromatic rings. The summed E-state index contributed by atoms with van der Waals surface area (Å²) in [6.07, 6.45) is 0. The van der Waals surface area contributed by atoms with Gasteiger partial charge in [-0.1, -0.05) is 30.1 Å². The van der Waals surface area contributed by atoms with Gasteiger partial charge in [0.25, 0.3) is 0 Å². The summed E-state index contributed by atoms with van der Waals surface area (Å²) in [4.78, 5) is 22.3.